The molecule has 1 aliphatic rings. The van der Waals surface area contributed by atoms with Crippen molar-refractivity contribution < 1.29 is 9.90 Å². The SMILES string of the molecule is CC1(CNC(C(=O)O)c2ccccc2)CCCS1. The lowest BCUT2D eigenvalue weighted by Crippen LogP contribution is -2.38. The molecule has 0 aromatic heterocycles. The van der Waals surface area contributed by atoms with E-state index < -0.39 is 12.0 Å². The number of carbonyl (C=O) groups is 1. The summed E-state index contributed by atoms with van der Waals surface area (Å²) < 4.78 is 0.183. The molecule has 0 saturated carbocycles. The number of carboxylic acid groups (broad SMARTS) is 1. The first-order valence-corrected chi connectivity index (χ1v) is 7.24. The number of hydrogen-bond acceptors (Lipinski definition) is 3. The molecule has 98 valence electrons. The Bertz CT molecular complexity index is 402. The van der Waals surface area contributed by atoms with Crippen molar-refractivity contribution in [2.75, 3.05) is 12.3 Å². The molecule has 1 aromatic rings. The lowest BCUT2D eigenvalue weighted by molar-refractivity contribution is -0.139. The van der Waals surface area contributed by atoms with E-state index >= 15 is 0 Å². The van der Waals surface area contributed by atoms with Gasteiger partial charge < -0.3 is 5.11 Å². The molecular weight excluding hydrogens is 246 g/mol. The first-order chi connectivity index (χ1) is 8.61. The molecule has 2 unspecified atom stereocenters. The molecule has 2 atom stereocenters. The van der Waals surface area contributed by atoms with Gasteiger partial charge in [-0.15, -0.1) is 0 Å². The van der Waals surface area contributed by atoms with Gasteiger partial charge in [-0.1, -0.05) is 30.3 Å². The standard InChI is InChI=1S/C14H19NO2S/c1-14(8-5-9-18-14)10-15-12(13(16)17)11-6-3-2-4-7-11/h2-4,6-7,12,15H,5,8-10H2,1H3,(H,16,17). The summed E-state index contributed by atoms with van der Waals surface area (Å²) in [5, 5.41) is 12.5. The predicted molar refractivity (Wildman–Crippen MR) is 74.9 cm³/mol. The van der Waals surface area contributed by atoms with Crippen LogP contribution in [0.3, 0.4) is 0 Å². The summed E-state index contributed by atoms with van der Waals surface area (Å²) in [6.45, 7) is 2.95. The van der Waals surface area contributed by atoms with Gasteiger partial charge >= 0.3 is 5.97 Å². The number of hydrogen-bond donors (Lipinski definition) is 2. The van der Waals surface area contributed by atoms with Gasteiger partial charge in [-0.05, 0) is 31.1 Å². The zero-order chi connectivity index (χ0) is 13.0. The van der Waals surface area contributed by atoms with Crippen LogP contribution in [0.1, 0.15) is 31.4 Å². The largest absolute Gasteiger partial charge is 0.480 e. The van der Waals surface area contributed by atoms with Crippen molar-refractivity contribution >= 4 is 17.7 Å². The molecule has 1 aliphatic heterocycles. The van der Waals surface area contributed by atoms with Crippen molar-refractivity contribution in [1.82, 2.24) is 5.32 Å². The summed E-state index contributed by atoms with van der Waals surface area (Å²) in [7, 11) is 0. The first-order valence-electron chi connectivity index (χ1n) is 6.26. The van der Waals surface area contributed by atoms with E-state index in [4.69, 9.17) is 0 Å². The molecule has 1 heterocycles. The summed E-state index contributed by atoms with van der Waals surface area (Å²) in [5.74, 6) is 0.370. The molecule has 0 radical (unpaired) electrons. The highest BCUT2D eigenvalue weighted by Gasteiger charge is 2.31. The highest BCUT2D eigenvalue weighted by atomic mass is 32.2. The van der Waals surface area contributed by atoms with Gasteiger partial charge in [0.25, 0.3) is 0 Å². The van der Waals surface area contributed by atoms with Crippen LogP contribution in [0.4, 0.5) is 0 Å². The molecule has 1 aromatic carbocycles. The van der Waals surface area contributed by atoms with Gasteiger partial charge in [-0.25, -0.2) is 0 Å². The molecule has 0 spiro atoms. The third-order valence-corrected chi connectivity index (χ3v) is 4.90. The zero-order valence-electron chi connectivity index (χ0n) is 10.6. The zero-order valence-corrected chi connectivity index (χ0v) is 11.4. The number of nitrogens with one attached hydrogen (secondary N) is 1. The molecule has 1 saturated heterocycles. The fourth-order valence-corrected chi connectivity index (χ4v) is 3.54. The monoisotopic (exact) mass is 265 g/mol. The van der Waals surface area contributed by atoms with Crippen LogP contribution in [0.15, 0.2) is 30.3 Å². The number of rotatable bonds is 5. The van der Waals surface area contributed by atoms with Crippen LogP contribution in [0.2, 0.25) is 0 Å². The fourth-order valence-electron chi connectivity index (χ4n) is 2.29. The van der Waals surface area contributed by atoms with Crippen LogP contribution in [-0.4, -0.2) is 28.1 Å². The minimum Gasteiger partial charge on any atom is -0.480 e. The van der Waals surface area contributed by atoms with Crippen molar-refractivity contribution in [1.29, 1.82) is 0 Å². The van der Waals surface area contributed by atoms with Crippen molar-refractivity contribution in [3.63, 3.8) is 0 Å². The Morgan fingerprint density at radius 2 is 2.22 bits per heavy atom. The summed E-state index contributed by atoms with van der Waals surface area (Å²) in [6.07, 6.45) is 2.39. The van der Waals surface area contributed by atoms with E-state index in [0.29, 0.717) is 0 Å². The summed E-state index contributed by atoms with van der Waals surface area (Å²) in [6, 6.07) is 8.75. The average molecular weight is 265 g/mol. The quantitative estimate of drug-likeness (QED) is 0.859. The summed E-state index contributed by atoms with van der Waals surface area (Å²) in [4.78, 5) is 11.3. The normalized spacial score (nSPS) is 24.9. The smallest absolute Gasteiger partial charge is 0.325 e. The van der Waals surface area contributed by atoms with E-state index in [-0.39, 0.29) is 4.75 Å². The van der Waals surface area contributed by atoms with Gasteiger partial charge in [-0.3, -0.25) is 10.1 Å². The van der Waals surface area contributed by atoms with E-state index in [1.54, 1.807) is 0 Å². The van der Waals surface area contributed by atoms with E-state index in [1.165, 1.54) is 12.2 Å². The molecule has 0 amide bonds. The fraction of sp³-hybridized carbons (Fsp3) is 0.500. The van der Waals surface area contributed by atoms with Gasteiger partial charge in [0.15, 0.2) is 0 Å². The Morgan fingerprint density at radius 1 is 1.50 bits per heavy atom. The Labute approximate surface area is 112 Å². The minimum absolute atomic E-state index is 0.183. The van der Waals surface area contributed by atoms with Gasteiger partial charge in [0.2, 0.25) is 0 Å². The highest BCUT2D eigenvalue weighted by molar-refractivity contribution is 8.00. The second-order valence-electron chi connectivity index (χ2n) is 4.96. The number of carboxylic acids is 1. The maximum Gasteiger partial charge on any atom is 0.325 e. The second-order valence-corrected chi connectivity index (χ2v) is 6.65. The Balaban J connectivity index is 2.01. The third kappa shape index (κ3) is 3.27. The Morgan fingerprint density at radius 3 is 2.78 bits per heavy atom. The third-order valence-electron chi connectivity index (χ3n) is 3.36. The Kier molecular flexibility index (Phi) is 4.30. The average Bonchev–Trinajstić information content (AvgIpc) is 2.78. The van der Waals surface area contributed by atoms with Gasteiger partial charge in [0, 0.05) is 11.3 Å². The molecule has 1 fully saturated rings. The maximum absolute atomic E-state index is 11.3. The van der Waals surface area contributed by atoms with Crippen LogP contribution in [0, 0.1) is 0 Å². The Hall–Kier alpha value is -1.00. The minimum atomic E-state index is -0.812. The van der Waals surface area contributed by atoms with Gasteiger partial charge in [0.05, 0.1) is 0 Å². The lowest BCUT2D eigenvalue weighted by atomic mass is 10.0. The topological polar surface area (TPSA) is 49.3 Å². The van der Waals surface area contributed by atoms with Gasteiger partial charge in [-0.2, -0.15) is 11.8 Å². The number of benzene rings is 1. The summed E-state index contributed by atoms with van der Waals surface area (Å²) in [5.41, 5.74) is 0.816. The van der Waals surface area contributed by atoms with Crippen molar-refractivity contribution in [3.05, 3.63) is 35.9 Å². The highest BCUT2D eigenvalue weighted by Crippen LogP contribution is 2.37. The molecule has 3 nitrogen and oxygen atoms in total. The molecule has 0 aliphatic carbocycles. The van der Waals surface area contributed by atoms with Gasteiger partial charge in [0.1, 0.15) is 6.04 Å². The predicted octanol–water partition coefficient (Wildman–Crippen LogP) is 2.69. The van der Waals surface area contributed by atoms with E-state index in [9.17, 15) is 9.90 Å². The van der Waals surface area contributed by atoms with Crippen LogP contribution in [-0.2, 0) is 4.79 Å². The molecule has 4 heteroatoms. The van der Waals surface area contributed by atoms with Crippen molar-refractivity contribution in [2.45, 2.75) is 30.6 Å². The molecule has 2 N–H and O–H groups in total. The summed E-state index contributed by atoms with van der Waals surface area (Å²) >= 11 is 1.94. The molecule has 18 heavy (non-hydrogen) atoms. The van der Waals surface area contributed by atoms with Crippen LogP contribution in [0.25, 0.3) is 0 Å². The van der Waals surface area contributed by atoms with Crippen molar-refractivity contribution in [2.24, 2.45) is 0 Å². The van der Waals surface area contributed by atoms with Crippen LogP contribution in [0.5, 0.6) is 0 Å². The maximum atomic E-state index is 11.3. The molecule has 0 bridgehead atoms. The number of aliphatic carboxylic acids is 1. The molecule has 2 rings (SSSR count). The van der Waals surface area contributed by atoms with E-state index in [1.807, 2.05) is 42.1 Å². The van der Waals surface area contributed by atoms with E-state index in [0.717, 1.165) is 18.5 Å². The van der Waals surface area contributed by atoms with Crippen LogP contribution < -0.4 is 5.32 Å². The first kappa shape index (κ1) is 13.4. The van der Waals surface area contributed by atoms with E-state index in [2.05, 4.69) is 12.2 Å². The van der Waals surface area contributed by atoms with Crippen LogP contribution >= 0.6 is 11.8 Å². The lowest BCUT2D eigenvalue weighted by Gasteiger charge is -2.25. The second kappa shape index (κ2) is 5.76. The van der Waals surface area contributed by atoms with Crippen molar-refractivity contribution in [3.8, 4) is 0 Å². The number of thioether (sulfide) groups is 1. The molecular formula is C14H19NO2S.